The van der Waals surface area contributed by atoms with Gasteiger partial charge in [-0.25, -0.2) is 0 Å². The molecule has 0 N–H and O–H groups in total. The molecule has 1 aromatic rings. The number of benzene rings is 1. The molecule has 0 unspecified atom stereocenters. The zero-order valence-corrected chi connectivity index (χ0v) is 9.35. The molecular weight excluding hydrogens is 202 g/mol. The molecule has 0 radical (unpaired) electrons. The van der Waals surface area contributed by atoms with Gasteiger partial charge >= 0.3 is 0 Å². The molecule has 84 valence electrons. The van der Waals surface area contributed by atoms with Crippen LogP contribution in [0.3, 0.4) is 0 Å². The van der Waals surface area contributed by atoms with Crippen LogP contribution in [0.15, 0.2) is 36.5 Å². The highest BCUT2D eigenvalue weighted by molar-refractivity contribution is 5.35. The van der Waals surface area contributed by atoms with Crippen LogP contribution in [0.1, 0.15) is 30.4 Å². The average Bonchev–Trinajstić information content (AvgIpc) is 2.18. The van der Waals surface area contributed by atoms with Crippen LogP contribution in [0.25, 0.3) is 0 Å². The topological polar surface area (TPSA) is 43.1 Å². The second-order valence-corrected chi connectivity index (χ2v) is 4.48. The van der Waals surface area contributed by atoms with Crippen molar-refractivity contribution in [3.63, 3.8) is 0 Å². The summed E-state index contributed by atoms with van der Waals surface area (Å²) in [5.74, 6) is 0. The first kappa shape index (κ1) is 10.9. The van der Waals surface area contributed by atoms with Crippen LogP contribution in [-0.2, 0) is 5.41 Å². The van der Waals surface area contributed by atoms with Crippen LogP contribution in [0, 0.1) is 17.0 Å². The molecule has 3 heteroatoms. The third kappa shape index (κ3) is 1.98. The molecule has 0 aliphatic heterocycles. The van der Waals surface area contributed by atoms with E-state index in [1.165, 1.54) is 11.1 Å². The first-order chi connectivity index (χ1) is 7.62. The zero-order chi connectivity index (χ0) is 11.6. The Hall–Kier alpha value is -1.64. The second-order valence-electron chi connectivity index (χ2n) is 4.48. The van der Waals surface area contributed by atoms with Gasteiger partial charge in [-0.2, -0.15) is 0 Å². The molecule has 0 spiro atoms. The van der Waals surface area contributed by atoms with Crippen LogP contribution in [0.5, 0.6) is 0 Å². The zero-order valence-electron chi connectivity index (χ0n) is 9.35. The minimum Gasteiger partial charge on any atom is -0.259 e. The predicted molar refractivity (Wildman–Crippen MR) is 62.8 cm³/mol. The summed E-state index contributed by atoms with van der Waals surface area (Å²) in [6.45, 7) is 2.05. The lowest BCUT2D eigenvalue weighted by atomic mass is 9.64. The van der Waals surface area contributed by atoms with Crippen molar-refractivity contribution in [2.75, 3.05) is 0 Å². The number of hydrogen-bond acceptors (Lipinski definition) is 2. The maximum Gasteiger partial charge on any atom is 0.231 e. The fourth-order valence-electron chi connectivity index (χ4n) is 2.20. The van der Waals surface area contributed by atoms with E-state index in [-0.39, 0.29) is 10.3 Å². The van der Waals surface area contributed by atoms with E-state index in [1.54, 1.807) is 6.08 Å². The van der Waals surface area contributed by atoms with Gasteiger partial charge < -0.3 is 0 Å². The summed E-state index contributed by atoms with van der Waals surface area (Å²) in [7, 11) is 0. The summed E-state index contributed by atoms with van der Waals surface area (Å²) >= 11 is 0. The number of nitro groups is 1. The van der Waals surface area contributed by atoms with E-state index in [9.17, 15) is 10.1 Å². The lowest BCUT2D eigenvalue weighted by Gasteiger charge is -2.39. The molecule has 0 aromatic heterocycles. The van der Waals surface area contributed by atoms with Crippen molar-refractivity contribution in [2.45, 2.75) is 31.6 Å². The van der Waals surface area contributed by atoms with E-state index >= 15 is 0 Å². The lowest BCUT2D eigenvalue weighted by molar-refractivity contribution is -0.403. The van der Waals surface area contributed by atoms with Gasteiger partial charge in [-0.1, -0.05) is 36.2 Å². The van der Waals surface area contributed by atoms with Gasteiger partial charge in [0.15, 0.2) is 0 Å². The molecular formula is C13H15NO2. The highest BCUT2D eigenvalue weighted by atomic mass is 16.6. The van der Waals surface area contributed by atoms with Gasteiger partial charge in [-0.05, 0) is 31.4 Å². The SMILES string of the molecule is Cc1ccc(C2(/C=C/[N+](=O)[O-])CCC2)cc1. The molecule has 3 nitrogen and oxygen atoms in total. The lowest BCUT2D eigenvalue weighted by Crippen LogP contribution is -2.32. The highest BCUT2D eigenvalue weighted by Gasteiger charge is 2.36. The Balaban J connectivity index is 2.27. The standard InChI is InChI=1S/C13H15NO2/c1-11-3-5-12(6-4-11)13(7-2-8-13)9-10-14(15)16/h3-6,9-10H,2,7-8H2,1H3/b10-9+. The molecule has 1 aromatic carbocycles. The number of allylic oxidation sites excluding steroid dienone is 1. The van der Waals surface area contributed by atoms with Crippen LogP contribution in [-0.4, -0.2) is 4.92 Å². The summed E-state index contributed by atoms with van der Waals surface area (Å²) < 4.78 is 0. The van der Waals surface area contributed by atoms with Crippen molar-refractivity contribution in [1.29, 1.82) is 0 Å². The molecule has 1 fully saturated rings. The number of rotatable bonds is 3. The van der Waals surface area contributed by atoms with Gasteiger partial charge in [0.2, 0.25) is 6.20 Å². The average molecular weight is 217 g/mol. The molecule has 0 bridgehead atoms. The second kappa shape index (κ2) is 4.08. The van der Waals surface area contributed by atoms with Gasteiger partial charge in [-0.3, -0.25) is 10.1 Å². The Morgan fingerprint density at radius 1 is 1.31 bits per heavy atom. The van der Waals surface area contributed by atoms with Gasteiger partial charge in [0.1, 0.15) is 0 Å². The molecule has 16 heavy (non-hydrogen) atoms. The van der Waals surface area contributed by atoms with Crippen molar-refractivity contribution >= 4 is 0 Å². The smallest absolute Gasteiger partial charge is 0.231 e. The van der Waals surface area contributed by atoms with Crippen LogP contribution < -0.4 is 0 Å². The van der Waals surface area contributed by atoms with Gasteiger partial charge in [-0.15, -0.1) is 0 Å². The van der Waals surface area contributed by atoms with Crippen molar-refractivity contribution in [1.82, 2.24) is 0 Å². The summed E-state index contributed by atoms with van der Waals surface area (Å²) in [4.78, 5) is 10.0. The fourth-order valence-corrected chi connectivity index (χ4v) is 2.20. The van der Waals surface area contributed by atoms with E-state index in [2.05, 4.69) is 24.3 Å². The van der Waals surface area contributed by atoms with E-state index in [0.29, 0.717) is 0 Å². The normalized spacial score (nSPS) is 18.3. The Morgan fingerprint density at radius 2 is 1.94 bits per heavy atom. The van der Waals surface area contributed by atoms with Gasteiger partial charge in [0.25, 0.3) is 0 Å². The maximum atomic E-state index is 10.4. The first-order valence-electron chi connectivity index (χ1n) is 5.52. The third-order valence-electron chi connectivity index (χ3n) is 3.39. The first-order valence-corrected chi connectivity index (χ1v) is 5.52. The molecule has 1 saturated carbocycles. The molecule has 1 aliphatic carbocycles. The number of hydrogen-bond donors (Lipinski definition) is 0. The van der Waals surface area contributed by atoms with E-state index < -0.39 is 0 Å². The molecule has 2 rings (SSSR count). The molecule has 0 atom stereocenters. The maximum absolute atomic E-state index is 10.4. The third-order valence-corrected chi connectivity index (χ3v) is 3.39. The monoisotopic (exact) mass is 217 g/mol. The molecule has 1 aliphatic rings. The van der Waals surface area contributed by atoms with E-state index in [0.717, 1.165) is 25.5 Å². The van der Waals surface area contributed by atoms with Crippen molar-refractivity contribution < 1.29 is 4.92 Å². The Labute approximate surface area is 94.9 Å². The van der Waals surface area contributed by atoms with Crippen molar-refractivity contribution in [3.8, 4) is 0 Å². The van der Waals surface area contributed by atoms with Crippen LogP contribution in [0.2, 0.25) is 0 Å². The van der Waals surface area contributed by atoms with Gasteiger partial charge in [0.05, 0.1) is 4.92 Å². The number of nitrogens with zero attached hydrogens (tertiary/aromatic N) is 1. The van der Waals surface area contributed by atoms with Crippen LogP contribution >= 0.6 is 0 Å². The van der Waals surface area contributed by atoms with Crippen LogP contribution in [0.4, 0.5) is 0 Å². The summed E-state index contributed by atoms with van der Waals surface area (Å²) in [5, 5.41) is 10.4. The Bertz CT molecular complexity index is 416. The minimum absolute atomic E-state index is 0.0826. The largest absolute Gasteiger partial charge is 0.259 e. The van der Waals surface area contributed by atoms with Crippen molar-refractivity contribution in [2.24, 2.45) is 0 Å². The van der Waals surface area contributed by atoms with Crippen molar-refractivity contribution in [3.05, 3.63) is 57.8 Å². The predicted octanol–water partition coefficient (Wildman–Crippen LogP) is 3.21. The summed E-state index contributed by atoms with van der Waals surface area (Å²) in [6.07, 6.45) is 6.01. The van der Waals surface area contributed by atoms with E-state index in [4.69, 9.17) is 0 Å². The molecule has 0 heterocycles. The quantitative estimate of drug-likeness (QED) is 0.576. The minimum atomic E-state index is -0.381. The molecule has 0 saturated heterocycles. The Kier molecular flexibility index (Phi) is 2.77. The number of aryl methyl sites for hydroxylation is 1. The highest BCUT2D eigenvalue weighted by Crippen LogP contribution is 2.44. The summed E-state index contributed by atoms with van der Waals surface area (Å²) in [6, 6.07) is 8.29. The fraction of sp³-hybridized carbons (Fsp3) is 0.385. The Morgan fingerprint density at radius 3 is 2.38 bits per heavy atom. The molecule has 0 amide bonds. The summed E-state index contributed by atoms with van der Waals surface area (Å²) in [5.41, 5.74) is 2.33. The van der Waals surface area contributed by atoms with E-state index in [1.807, 2.05) is 6.92 Å². The van der Waals surface area contributed by atoms with Gasteiger partial charge in [0, 0.05) is 5.41 Å².